The van der Waals surface area contributed by atoms with Gasteiger partial charge in [0, 0.05) is 39.3 Å². The second-order valence-electron chi connectivity index (χ2n) is 8.58. The summed E-state index contributed by atoms with van der Waals surface area (Å²) < 4.78 is 0. The van der Waals surface area contributed by atoms with Gasteiger partial charge in [0.05, 0.1) is 6.10 Å². The number of hydrogen-bond donors (Lipinski definition) is 2. The maximum Gasteiger partial charge on any atom is 0.193 e. The Hall–Kier alpha value is -0.860. The van der Waals surface area contributed by atoms with Gasteiger partial charge in [-0.1, -0.05) is 43.7 Å². The highest BCUT2D eigenvalue weighted by atomic mass is 127. The van der Waals surface area contributed by atoms with E-state index < -0.39 is 0 Å². The lowest BCUT2D eigenvalue weighted by molar-refractivity contribution is 0.0824. The molecule has 0 aliphatic carbocycles. The molecule has 2 aliphatic rings. The molecule has 2 heterocycles. The van der Waals surface area contributed by atoms with Crippen LogP contribution in [-0.4, -0.2) is 72.8 Å². The molecule has 2 unspecified atom stereocenters. The molecular formula is C24H41IN4O. The predicted molar refractivity (Wildman–Crippen MR) is 137 cm³/mol. The van der Waals surface area contributed by atoms with Crippen molar-refractivity contribution in [2.75, 3.05) is 45.8 Å². The van der Waals surface area contributed by atoms with E-state index in [0.29, 0.717) is 11.8 Å². The van der Waals surface area contributed by atoms with Crippen molar-refractivity contribution in [3.05, 3.63) is 35.9 Å². The molecule has 0 bridgehead atoms. The van der Waals surface area contributed by atoms with Crippen molar-refractivity contribution in [1.29, 1.82) is 0 Å². The number of piperidine rings is 2. The van der Waals surface area contributed by atoms with Gasteiger partial charge in [-0.2, -0.15) is 0 Å². The van der Waals surface area contributed by atoms with Crippen molar-refractivity contribution in [2.45, 2.75) is 58.0 Å². The number of aliphatic hydroxyl groups excluding tert-OH is 1. The van der Waals surface area contributed by atoms with E-state index in [-0.39, 0.29) is 30.1 Å². The summed E-state index contributed by atoms with van der Waals surface area (Å²) in [7, 11) is 0. The Balaban J connectivity index is 0.00000320. The molecule has 6 heteroatoms. The molecule has 2 saturated heterocycles. The zero-order chi connectivity index (χ0) is 20.5. The molecule has 2 atom stereocenters. The number of nitrogens with zero attached hydrogens (tertiary/aromatic N) is 3. The van der Waals surface area contributed by atoms with Crippen LogP contribution in [0.15, 0.2) is 35.3 Å². The first-order chi connectivity index (χ1) is 14.2. The first kappa shape index (κ1) is 25.4. The van der Waals surface area contributed by atoms with Crippen LogP contribution in [0.2, 0.25) is 0 Å². The second-order valence-corrected chi connectivity index (χ2v) is 8.58. The molecule has 1 aromatic carbocycles. The number of halogens is 1. The van der Waals surface area contributed by atoms with Gasteiger partial charge in [-0.15, -0.1) is 24.0 Å². The van der Waals surface area contributed by atoms with Crippen LogP contribution in [0.4, 0.5) is 0 Å². The monoisotopic (exact) mass is 528 g/mol. The summed E-state index contributed by atoms with van der Waals surface area (Å²) in [6.07, 6.45) is 5.23. The first-order valence-electron chi connectivity index (χ1n) is 11.7. The molecule has 0 radical (unpaired) electrons. The van der Waals surface area contributed by atoms with Gasteiger partial charge < -0.3 is 20.2 Å². The minimum absolute atomic E-state index is 0. The molecule has 0 saturated carbocycles. The van der Waals surface area contributed by atoms with Crippen LogP contribution >= 0.6 is 24.0 Å². The van der Waals surface area contributed by atoms with E-state index in [2.05, 4.69) is 59.3 Å². The highest BCUT2D eigenvalue weighted by molar-refractivity contribution is 14.0. The molecular weight excluding hydrogens is 487 g/mol. The summed E-state index contributed by atoms with van der Waals surface area (Å²) in [5.74, 6) is 2.43. The number of hydrogen-bond acceptors (Lipinski definition) is 3. The van der Waals surface area contributed by atoms with E-state index in [1.165, 1.54) is 18.4 Å². The summed E-state index contributed by atoms with van der Waals surface area (Å²) in [4.78, 5) is 9.90. The van der Waals surface area contributed by atoms with Gasteiger partial charge in [0.2, 0.25) is 0 Å². The summed E-state index contributed by atoms with van der Waals surface area (Å²) in [5, 5.41) is 13.2. The number of guanidine groups is 1. The highest BCUT2D eigenvalue weighted by Gasteiger charge is 2.30. The van der Waals surface area contributed by atoms with Crippen LogP contribution in [-0.2, 0) is 0 Å². The Kier molecular flexibility index (Phi) is 11.5. The van der Waals surface area contributed by atoms with Gasteiger partial charge in [-0.3, -0.25) is 4.99 Å². The molecule has 2 aliphatic heterocycles. The Morgan fingerprint density at radius 2 is 1.83 bits per heavy atom. The Labute approximate surface area is 200 Å². The molecule has 3 rings (SSSR count). The largest absolute Gasteiger partial charge is 0.393 e. The lowest BCUT2D eigenvalue weighted by Gasteiger charge is -2.40. The Bertz CT molecular complexity index is 619. The fourth-order valence-electron chi connectivity index (χ4n) is 4.83. The van der Waals surface area contributed by atoms with Gasteiger partial charge in [-0.05, 0) is 56.6 Å². The van der Waals surface area contributed by atoms with Crippen molar-refractivity contribution in [2.24, 2.45) is 10.9 Å². The van der Waals surface area contributed by atoms with E-state index >= 15 is 0 Å². The topological polar surface area (TPSA) is 51.1 Å². The third-order valence-corrected chi connectivity index (χ3v) is 6.57. The fraction of sp³-hybridized carbons (Fsp3) is 0.708. The van der Waals surface area contributed by atoms with Crippen LogP contribution in [0.3, 0.4) is 0 Å². The molecule has 170 valence electrons. The smallest absolute Gasteiger partial charge is 0.193 e. The summed E-state index contributed by atoms with van der Waals surface area (Å²) in [5.41, 5.74) is 1.49. The SMILES string of the molecule is CCNC(=NCCCN1CCC(O)CC1)N1CCC(c2ccccc2)C(CC)C1.I. The molecule has 5 nitrogen and oxygen atoms in total. The average Bonchev–Trinajstić information content (AvgIpc) is 2.77. The number of rotatable bonds is 7. The first-order valence-corrected chi connectivity index (χ1v) is 11.7. The molecule has 2 fully saturated rings. The predicted octanol–water partition coefficient (Wildman–Crippen LogP) is 3.93. The lowest BCUT2D eigenvalue weighted by Crippen LogP contribution is -2.48. The van der Waals surface area contributed by atoms with Crippen molar-refractivity contribution in [3.8, 4) is 0 Å². The van der Waals surface area contributed by atoms with Crippen LogP contribution in [0.1, 0.15) is 57.4 Å². The van der Waals surface area contributed by atoms with E-state index in [1.54, 1.807) is 0 Å². The van der Waals surface area contributed by atoms with Crippen molar-refractivity contribution in [1.82, 2.24) is 15.1 Å². The van der Waals surface area contributed by atoms with Gasteiger partial charge in [-0.25, -0.2) is 0 Å². The zero-order valence-electron chi connectivity index (χ0n) is 18.8. The highest BCUT2D eigenvalue weighted by Crippen LogP contribution is 2.34. The quantitative estimate of drug-likeness (QED) is 0.244. The maximum absolute atomic E-state index is 9.65. The van der Waals surface area contributed by atoms with Crippen LogP contribution in [0, 0.1) is 5.92 Å². The van der Waals surface area contributed by atoms with Gasteiger partial charge in [0.1, 0.15) is 0 Å². The fourth-order valence-corrected chi connectivity index (χ4v) is 4.83. The molecule has 0 spiro atoms. The third-order valence-electron chi connectivity index (χ3n) is 6.57. The number of likely N-dealkylation sites (tertiary alicyclic amines) is 2. The molecule has 30 heavy (non-hydrogen) atoms. The van der Waals surface area contributed by atoms with Gasteiger partial charge >= 0.3 is 0 Å². The molecule has 2 N–H and O–H groups in total. The number of benzene rings is 1. The van der Waals surface area contributed by atoms with E-state index in [9.17, 15) is 5.11 Å². The second kappa shape index (κ2) is 13.5. The van der Waals surface area contributed by atoms with Crippen LogP contribution < -0.4 is 5.32 Å². The zero-order valence-corrected chi connectivity index (χ0v) is 21.1. The summed E-state index contributed by atoms with van der Waals surface area (Å²) in [6.45, 7) is 11.6. The van der Waals surface area contributed by atoms with Crippen LogP contribution in [0.5, 0.6) is 0 Å². The Morgan fingerprint density at radius 1 is 1.10 bits per heavy atom. The standard InChI is InChI=1S/C24H40N4O.HI/c1-3-20-19-28(18-13-23(20)21-9-6-5-7-10-21)24(25-4-2)26-14-8-15-27-16-11-22(29)12-17-27;/h5-7,9-10,20,22-23,29H,3-4,8,11-19H2,1-2H3,(H,25,26);1H. The Morgan fingerprint density at radius 3 is 2.50 bits per heavy atom. The molecule has 1 aromatic rings. The number of aliphatic imine (C=N–C) groups is 1. The lowest BCUT2D eigenvalue weighted by atomic mass is 9.79. The molecule has 0 aromatic heterocycles. The molecule has 0 amide bonds. The van der Waals surface area contributed by atoms with E-state index in [1.807, 2.05) is 0 Å². The van der Waals surface area contributed by atoms with Crippen LogP contribution in [0.25, 0.3) is 0 Å². The van der Waals surface area contributed by atoms with Gasteiger partial charge in [0.15, 0.2) is 5.96 Å². The third kappa shape index (κ3) is 7.38. The number of nitrogens with one attached hydrogen (secondary N) is 1. The van der Waals surface area contributed by atoms with E-state index in [0.717, 1.165) is 71.0 Å². The minimum atomic E-state index is -0.0880. The van der Waals surface area contributed by atoms with Crippen molar-refractivity contribution >= 4 is 29.9 Å². The summed E-state index contributed by atoms with van der Waals surface area (Å²) in [6, 6.07) is 11.0. The maximum atomic E-state index is 9.65. The van der Waals surface area contributed by atoms with Crippen molar-refractivity contribution in [3.63, 3.8) is 0 Å². The van der Waals surface area contributed by atoms with Gasteiger partial charge in [0.25, 0.3) is 0 Å². The summed E-state index contributed by atoms with van der Waals surface area (Å²) >= 11 is 0. The van der Waals surface area contributed by atoms with E-state index in [4.69, 9.17) is 4.99 Å². The van der Waals surface area contributed by atoms with Crippen molar-refractivity contribution < 1.29 is 5.11 Å². The average molecular weight is 529 g/mol. The number of aliphatic hydroxyl groups is 1. The normalized spacial score (nSPS) is 23.8. The minimum Gasteiger partial charge on any atom is -0.393 e.